The van der Waals surface area contributed by atoms with Crippen molar-refractivity contribution in [3.8, 4) is 0 Å². The molecule has 0 saturated carbocycles. The van der Waals surface area contributed by atoms with Gasteiger partial charge in [0.15, 0.2) is 9.84 Å². The Morgan fingerprint density at radius 2 is 1.62 bits per heavy atom. The molecule has 0 fully saturated rings. The molecule has 114 valence electrons. The van der Waals surface area contributed by atoms with E-state index in [1.54, 1.807) is 12.1 Å². The molecule has 0 aliphatic heterocycles. The second kappa shape index (κ2) is 5.05. The van der Waals surface area contributed by atoms with E-state index in [0.717, 1.165) is 11.0 Å². The van der Waals surface area contributed by atoms with Crippen LogP contribution in [0.4, 0.5) is 0 Å². The zero-order valence-electron chi connectivity index (χ0n) is 12.0. The molecular formula is C15H17BrO4S. The first kappa shape index (κ1) is 16.4. The molecule has 1 aliphatic rings. The lowest BCUT2D eigenvalue weighted by Gasteiger charge is -2.33. The number of benzene rings is 1. The number of rotatable bonds is 2. The molecule has 2 atom stereocenters. The van der Waals surface area contributed by atoms with E-state index in [4.69, 9.17) is 0 Å². The lowest BCUT2D eigenvalue weighted by Crippen LogP contribution is -2.47. The number of aliphatic hydroxyl groups is 2. The minimum Gasteiger partial charge on any atom is -0.382 e. The van der Waals surface area contributed by atoms with E-state index in [9.17, 15) is 18.6 Å². The minimum atomic E-state index is -3.70. The van der Waals surface area contributed by atoms with Crippen LogP contribution in [0.25, 0.3) is 0 Å². The van der Waals surface area contributed by atoms with Gasteiger partial charge in [-0.1, -0.05) is 33.6 Å². The highest BCUT2D eigenvalue weighted by Crippen LogP contribution is 2.45. The Morgan fingerprint density at radius 1 is 1.10 bits per heavy atom. The van der Waals surface area contributed by atoms with Gasteiger partial charge in [0.1, 0.15) is 11.2 Å². The maximum atomic E-state index is 12.4. The van der Waals surface area contributed by atoms with E-state index < -0.39 is 21.0 Å². The van der Waals surface area contributed by atoms with Crippen LogP contribution in [0.2, 0.25) is 0 Å². The van der Waals surface area contributed by atoms with Crippen molar-refractivity contribution in [1.82, 2.24) is 0 Å². The third-order valence-corrected chi connectivity index (χ3v) is 6.38. The first-order chi connectivity index (χ1) is 9.48. The predicted molar refractivity (Wildman–Crippen MR) is 84.7 cm³/mol. The number of sulfone groups is 1. The van der Waals surface area contributed by atoms with Gasteiger partial charge in [-0.15, -0.1) is 0 Å². The van der Waals surface area contributed by atoms with Crippen molar-refractivity contribution in [2.24, 2.45) is 0 Å². The Hall–Kier alpha value is -0.950. The zero-order chi connectivity index (χ0) is 16.1. The molecule has 0 aromatic heterocycles. The van der Waals surface area contributed by atoms with Crippen molar-refractivity contribution < 1.29 is 18.6 Å². The smallest absolute Gasteiger partial charge is 0.200 e. The van der Waals surface area contributed by atoms with Gasteiger partial charge >= 0.3 is 0 Å². The summed E-state index contributed by atoms with van der Waals surface area (Å²) in [7, 11) is -3.70. The molecule has 0 heterocycles. The fourth-order valence-electron chi connectivity index (χ4n) is 2.04. The highest BCUT2D eigenvalue weighted by Gasteiger charge is 2.51. The van der Waals surface area contributed by atoms with Crippen LogP contribution in [0.15, 0.2) is 50.7 Å². The second-order valence-electron chi connectivity index (χ2n) is 5.57. The van der Waals surface area contributed by atoms with Crippen LogP contribution < -0.4 is 0 Å². The van der Waals surface area contributed by atoms with Crippen molar-refractivity contribution in [2.45, 2.75) is 36.9 Å². The van der Waals surface area contributed by atoms with Gasteiger partial charge in [0.2, 0.25) is 0 Å². The third-order valence-electron chi connectivity index (χ3n) is 3.89. The SMILES string of the molecule is Cc1ccc(S(=O)(=O)/C=C2\C=C(Br)[C@@](C)(O)[C@]2(C)O)cc1. The van der Waals surface area contributed by atoms with E-state index in [-0.39, 0.29) is 10.5 Å². The van der Waals surface area contributed by atoms with Crippen molar-refractivity contribution in [1.29, 1.82) is 0 Å². The molecule has 2 N–H and O–H groups in total. The van der Waals surface area contributed by atoms with E-state index in [1.807, 2.05) is 6.92 Å². The van der Waals surface area contributed by atoms with Crippen molar-refractivity contribution in [3.05, 3.63) is 51.4 Å². The lowest BCUT2D eigenvalue weighted by atomic mass is 9.87. The monoisotopic (exact) mass is 372 g/mol. The Morgan fingerprint density at radius 3 is 2.05 bits per heavy atom. The normalized spacial score (nSPS) is 31.5. The summed E-state index contributed by atoms with van der Waals surface area (Å²) in [4.78, 5) is 0.146. The molecule has 1 aromatic carbocycles. The molecule has 1 aliphatic carbocycles. The van der Waals surface area contributed by atoms with Gasteiger partial charge in [0, 0.05) is 9.89 Å². The Kier molecular flexibility index (Phi) is 3.95. The van der Waals surface area contributed by atoms with Gasteiger partial charge in [-0.25, -0.2) is 8.42 Å². The van der Waals surface area contributed by atoms with Gasteiger partial charge in [0.25, 0.3) is 0 Å². The number of hydrogen-bond acceptors (Lipinski definition) is 4. The number of aryl methyl sites for hydroxylation is 1. The number of halogens is 1. The molecule has 0 bridgehead atoms. The molecule has 0 spiro atoms. The topological polar surface area (TPSA) is 74.6 Å². The highest BCUT2D eigenvalue weighted by atomic mass is 79.9. The summed E-state index contributed by atoms with van der Waals surface area (Å²) in [6, 6.07) is 6.45. The molecule has 4 nitrogen and oxygen atoms in total. The average molecular weight is 373 g/mol. The van der Waals surface area contributed by atoms with E-state index in [0.29, 0.717) is 4.48 Å². The largest absolute Gasteiger partial charge is 0.382 e. The lowest BCUT2D eigenvalue weighted by molar-refractivity contribution is -0.0680. The van der Waals surface area contributed by atoms with Crippen LogP contribution in [0, 0.1) is 6.92 Å². The van der Waals surface area contributed by atoms with E-state index in [2.05, 4.69) is 15.9 Å². The maximum absolute atomic E-state index is 12.4. The third kappa shape index (κ3) is 2.73. The van der Waals surface area contributed by atoms with E-state index in [1.165, 1.54) is 32.1 Å². The van der Waals surface area contributed by atoms with Gasteiger partial charge in [-0.05, 0) is 44.6 Å². The van der Waals surface area contributed by atoms with Gasteiger partial charge in [-0.2, -0.15) is 0 Å². The summed E-state index contributed by atoms with van der Waals surface area (Å²) in [5, 5.41) is 21.7. The molecule has 0 unspecified atom stereocenters. The fourth-order valence-corrected chi connectivity index (χ4v) is 3.96. The molecule has 2 rings (SSSR count). The fraction of sp³-hybridized carbons (Fsp3) is 0.333. The van der Waals surface area contributed by atoms with E-state index >= 15 is 0 Å². The summed E-state index contributed by atoms with van der Waals surface area (Å²) in [6.45, 7) is 4.68. The second-order valence-corrected chi connectivity index (χ2v) is 8.22. The predicted octanol–water partition coefficient (Wildman–Crippen LogP) is 2.45. The minimum absolute atomic E-state index is 0.139. The average Bonchev–Trinajstić information content (AvgIpc) is 2.50. The Labute approximate surface area is 132 Å². The zero-order valence-corrected chi connectivity index (χ0v) is 14.4. The summed E-state index contributed by atoms with van der Waals surface area (Å²) >= 11 is 3.16. The highest BCUT2D eigenvalue weighted by molar-refractivity contribution is 9.11. The van der Waals surface area contributed by atoms with Crippen molar-refractivity contribution >= 4 is 25.8 Å². The molecule has 0 amide bonds. The van der Waals surface area contributed by atoms with Crippen molar-refractivity contribution in [3.63, 3.8) is 0 Å². The molecule has 0 radical (unpaired) electrons. The summed E-state index contributed by atoms with van der Waals surface area (Å²) in [5.41, 5.74) is -2.16. The summed E-state index contributed by atoms with van der Waals surface area (Å²) in [5.74, 6) is 0. The molecule has 21 heavy (non-hydrogen) atoms. The maximum Gasteiger partial charge on any atom is 0.200 e. The van der Waals surface area contributed by atoms with Gasteiger partial charge in [0.05, 0.1) is 4.90 Å². The molecular weight excluding hydrogens is 356 g/mol. The molecule has 1 aromatic rings. The summed E-state index contributed by atoms with van der Waals surface area (Å²) < 4.78 is 25.1. The van der Waals surface area contributed by atoms with Crippen LogP contribution in [0.3, 0.4) is 0 Å². The standard InChI is InChI=1S/C15H17BrO4S/c1-10-4-6-12(7-5-10)21(19,20)9-11-8-13(16)15(3,18)14(11,2)17/h4-9,17-18H,1-3H3/b11-9+/t14-,15-/m1/s1. The Balaban J connectivity index is 2.51. The first-order valence-electron chi connectivity index (χ1n) is 6.35. The van der Waals surface area contributed by atoms with Crippen LogP contribution in [0.1, 0.15) is 19.4 Å². The van der Waals surface area contributed by atoms with Crippen LogP contribution >= 0.6 is 15.9 Å². The van der Waals surface area contributed by atoms with Crippen LogP contribution in [-0.2, 0) is 9.84 Å². The molecule has 6 heteroatoms. The Bertz CT molecular complexity index is 725. The summed E-state index contributed by atoms with van der Waals surface area (Å²) in [6.07, 6.45) is 1.44. The van der Waals surface area contributed by atoms with Crippen LogP contribution in [-0.4, -0.2) is 29.8 Å². The quantitative estimate of drug-likeness (QED) is 0.835. The van der Waals surface area contributed by atoms with Crippen molar-refractivity contribution in [2.75, 3.05) is 0 Å². The first-order valence-corrected chi connectivity index (χ1v) is 8.69. The number of hydrogen-bond donors (Lipinski definition) is 2. The van der Waals surface area contributed by atoms with Crippen LogP contribution in [0.5, 0.6) is 0 Å². The van der Waals surface area contributed by atoms with Gasteiger partial charge in [-0.3, -0.25) is 0 Å². The molecule has 0 saturated heterocycles. The van der Waals surface area contributed by atoms with Gasteiger partial charge < -0.3 is 10.2 Å².